The fourth-order valence-electron chi connectivity index (χ4n) is 3.20. The molecule has 1 saturated heterocycles. The lowest BCUT2D eigenvalue weighted by Gasteiger charge is -2.29. The highest BCUT2D eigenvalue weighted by atomic mass is 35.5. The van der Waals surface area contributed by atoms with Crippen LogP contribution in [0.5, 0.6) is 0 Å². The van der Waals surface area contributed by atoms with Gasteiger partial charge in [-0.3, -0.25) is 9.69 Å². The lowest BCUT2D eigenvalue weighted by atomic mass is 10.1. The maximum absolute atomic E-state index is 12.5. The summed E-state index contributed by atoms with van der Waals surface area (Å²) in [7, 11) is -3.33. The Morgan fingerprint density at radius 2 is 1.78 bits per heavy atom. The molecule has 1 aliphatic rings. The second kappa shape index (κ2) is 8.39. The zero-order valence-corrected chi connectivity index (χ0v) is 16.2. The third-order valence-corrected chi connectivity index (χ3v) is 6.51. The molecule has 144 valence electrons. The van der Waals surface area contributed by atoms with Gasteiger partial charge in [0.05, 0.1) is 40.9 Å². The van der Waals surface area contributed by atoms with Crippen molar-refractivity contribution >= 4 is 33.0 Å². The van der Waals surface area contributed by atoms with E-state index in [1.54, 1.807) is 29.2 Å². The number of amides is 1. The molecule has 0 spiro atoms. The van der Waals surface area contributed by atoms with Crippen LogP contribution in [0.3, 0.4) is 0 Å². The van der Waals surface area contributed by atoms with Gasteiger partial charge in [0.25, 0.3) is 0 Å². The van der Waals surface area contributed by atoms with Crippen molar-refractivity contribution in [2.24, 2.45) is 0 Å². The summed E-state index contributed by atoms with van der Waals surface area (Å²) in [4.78, 5) is 14.3. The normalized spacial score (nSPS) is 21.3. The smallest absolute Gasteiger partial charge is 0.238 e. The second-order valence-electron chi connectivity index (χ2n) is 6.63. The van der Waals surface area contributed by atoms with Crippen LogP contribution in [0.2, 0.25) is 5.02 Å². The number of carbonyl (C=O) groups is 1. The number of hydrogen-bond donors (Lipinski definition) is 2. The van der Waals surface area contributed by atoms with Gasteiger partial charge in [-0.1, -0.05) is 54.1 Å². The molecule has 2 atom stereocenters. The van der Waals surface area contributed by atoms with Crippen LogP contribution in [0.4, 0.5) is 5.69 Å². The molecule has 0 aliphatic carbocycles. The standard InChI is InChI=1S/C19H21ClN2O4S/c20-15-8-4-5-9-16(15)21-19(24)11-22(10-14-6-2-1-3-7-14)17-12-27(25,26)13-18(17)23/h1-9,17-18,23H,10-13H2,(H,21,24). The summed E-state index contributed by atoms with van der Waals surface area (Å²) in [5.41, 5.74) is 1.42. The predicted molar refractivity (Wildman–Crippen MR) is 105 cm³/mol. The van der Waals surface area contributed by atoms with E-state index >= 15 is 0 Å². The summed E-state index contributed by atoms with van der Waals surface area (Å²) in [6.07, 6.45) is -1.02. The highest BCUT2D eigenvalue weighted by molar-refractivity contribution is 7.91. The van der Waals surface area contributed by atoms with Crippen LogP contribution < -0.4 is 5.32 Å². The van der Waals surface area contributed by atoms with Gasteiger partial charge in [0.15, 0.2) is 9.84 Å². The van der Waals surface area contributed by atoms with Crippen molar-refractivity contribution in [3.63, 3.8) is 0 Å². The van der Waals surface area contributed by atoms with E-state index in [4.69, 9.17) is 11.6 Å². The SMILES string of the molecule is O=C(CN(Cc1ccccc1)C1CS(=O)(=O)CC1O)Nc1ccccc1Cl. The molecule has 6 nitrogen and oxygen atoms in total. The molecule has 2 aromatic carbocycles. The highest BCUT2D eigenvalue weighted by Gasteiger charge is 2.40. The van der Waals surface area contributed by atoms with Crippen LogP contribution in [-0.4, -0.2) is 54.5 Å². The molecule has 0 aromatic heterocycles. The maximum atomic E-state index is 12.5. The quantitative estimate of drug-likeness (QED) is 0.762. The zero-order chi connectivity index (χ0) is 19.4. The molecule has 2 aromatic rings. The summed E-state index contributed by atoms with van der Waals surface area (Å²) in [6.45, 7) is 0.297. The number of nitrogens with zero attached hydrogens (tertiary/aromatic N) is 1. The van der Waals surface area contributed by atoms with Gasteiger partial charge in [-0.25, -0.2) is 8.42 Å². The van der Waals surface area contributed by atoms with E-state index in [1.165, 1.54) is 0 Å². The monoisotopic (exact) mass is 408 g/mol. The average Bonchev–Trinajstić information content (AvgIpc) is 2.90. The minimum Gasteiger partial charge on any atom is -0.390 e. The van der Waals surface area contributed by atoms with Crippen molar-refractivity contribution in [3.8, 4) is 0 Å². The van der Waals surface area contributed by atoms with Crippen LogP contribution in [0.15, 0.2) is 54.6 Å². The van der Waals surface area contributed by atoms with Crippen LogP contribution in [0.1, 0.15) is 5.56 Å². The lowest BCUT2D eigenvalue weighted by Crippen LogP contribution is -2.46. The molecule has 1 heterocycles. The van der Waals surface area contributed by atoms with E-state index in [9.17, 15) is 18.3 Å². The Labute approximate surface area is 163 Å². The molecule has 2 unspecified atom stereocenters. The van der Waals surface area contributed by atoms with Crippen molar-refractivity contribution in [2.75, 3.05) is 23.4 Å². The van der Waals surface area contributed by atoms with Gasteiger partial charge in [-0.05, 0) is 17.7 Å². The van der Waals surface area contributed by atoms with Gasteiger partial charge in [-0.15, -0.1) is 0 Å². The molecule has 1 amide bonds. The van der Waals surface area contributed by atoms with Gasteiger partial charge < -0.3 is 10.4 Å². The van der Waals surface area contributed by atoms with Gasteiger partial charge >= 0.3 is 0 Å². The van der Waals surface area contributed by atoms with Crippen LogP contribution in [0.25, 0.3) is 0 Å². The second-order valence-corrected chi connectivity index (χ2v) is 9.19. The Hall–Kier alpha value is -1.93. The molecule has 3 rings (SSSR count). The molecule has 0 radical (unpaired) electrons. The van der Waals surface area contributed by atoms with E-state index < -0.39 is 22.0 Å². The molecule has 2 N–H and O–H groups in total. The number of sulfone groups is 1. The number of carbonyl (C=O) groups excluding carboxylic acids is 1. The Kier molecular flexibility index (Phi) is 6.16. The van der Waals surface area contributed by atoms with E-state index in [-0.39, 0.29) is 24.0 Å². The highest BCUT2D eigenvalue weighted by Crippen LogP contribution is 2.23. The van der Waals surface area contributed by atoms with E-state index in [1.807, 2.05) is 30.3 Å². The number of anilines is 1. The molecule has 8 heteroatoms. The van der Waals surface area contributed by atoms with Crippen LogP contribution in [0, 0.1) is 0 Å². The number of aliphatic hydroxyl groups excluding tert-OH is 1. The van der Waals surface area contributed by atoms with E-state index in [2.05, 4.69) is 5.32 Å². The van der Waals surface area contributed by atoms with E-state index in [0.717, 1.165) is 5.56 Å². The van der Waals surface area contributed by atoms with Crippen molar-refractivity contribution in [3.05, 3.63) is 65.2 Å². The summed E-state index contributed by atoms with van der Waals surface area (Å²) in [5.74, 6) is -0.773. The van der Waals surface area contributed by atoms with Gasteiger partial charge in [0.2, 0.25) is 5.91 Å². The predicted octanol–water partition coefficient (Wildman–Crippen LogP) is 1.94. The largest absolute Gasteiger partial charge is 0.390 e. The minimum atomic E-state index is -3.33. The fourth-order valence-corrected chi connectivity index (χ4v) is 5.22. The van der Waals surface area contributed by atoms with Crippen LogP contribution >= 0.6 is 11.6 Å². The number of para-hydroxylation sites is 1. The third-order valence-electron chi connectivity index (χ3n) is 4.49. The first kappa shape index (κ1) is 19.8. The average molecular weight is 409 g/mol. The van der Waals surface area contributed by atoms with Crippen LogP contribution in [-0.2, 0) is 21.2 Å². The molecular weight excluding hydrogens is 388 g/mol. The summed E-state index contributed by atoms with van der Waals surface area (Å²) in [5, 5.41) is 13.4. The summed E-state index contributed by atoms with van der Waals surface area (Å²) in [6, 6.07) is 15.7. The Bertz CT molecular complexity index is 905. The molecular formula is C19H21ClN2O4S. The topological polar surface area (TPSA) is 86.7 Å². The summed E-state index contributed by atoms with van der Waals surface area (Å²) < 4.78 is 23.9. The maximum Gasteiger partial charge on any atom is 0.238 e. The van der Waals surface area contributed by atoms with Crippen molar-refractivity contribution in [1.82, 2.24) is 4.90 Å². The summed E-state index contributed by atoms with van der Waals surface area (Å²) >= 11 is 6.07. The third kappa shape index (κ3) is 5.29. The first-order valence-electron chi connectivity index (χ1n) is 8.55. The first-order valence-corrected chi connectivity index (χ1v) is 10.7. The van der Waals surface area contributed by atoms with Gasteiger partial charge in [-0.2, -0.15) is 0 Å². The minimum absolute atomic E-state index is 0.0582. The van der Waals surface area contributed by atoms with Gasteiger partial charge in [0.1, 0.15) is 0 Å². The zero-order valence-electron chi connectivity index (χ0n) is 14.6. The Morgan fingerprint density at radius 3 is 2.41 bits per heavy atom. The Morgan fingerprint density at radius 1 is 1.11 bits per heavy atom. The van der Waals surface area contributed by atoms with Crippen molar-refractivity contribution < 1.29 is 18.3 Å². The van der Waals surface area contributed by atoms with Gasteiger partial charge in [0, 0.05) is 6.54 Å². The molecule has 0 bridgehead atoms. The van der Waals surface area contributed by atoms with Crippen molar-refractivity contribution in [1.29, 1.82) is 0 Å². The number of aliphatic hydroxyl groups is 1. The lowest BCUT2D eigenvalue weighted by molar-refractivity contribution is -0.118. The molecule has 0 saturated carbocycles. The number of nitrogens with one attached hydrogen (secondary N) is 1. The van der Waals surface area contributed by atoms with Crippen molar-refractivity contribution in [2.45, 2.75) is 18.7 Å². The number of halogens is 1. The number of benzene rings is 2. The molecule has 1 aliphatic heterocycles. The number of hydrogen-bond acceptors (Lipinski definition) is 5. The van der Waals surface area contributed by atoms with E-state index in [0.29, 0.717) is 17.3 Å². The fraction of sp³-hybridized carbons (Fsp3) is 0.316. The molecule has 1 fully saturated rings. The Balaban J connectivity index is 1.77. The first-order chi connectivity index (χ1) is 12.8. The number of rotatable bonds is 6. The molecule has 27 heavy (non-hydrogen) atoms.